The highest BCUT2D eigenvalue weighted by Crippen LogP contribution is 2.16. The summed E-state index contributed by atoms with van der Waals surface area (Å²) in [6.45, 7) is 2.84. The number of pyridine rings is 4. The molecule has 4 nitrogen and oxygen atoms in total. The molecular formula is C30H36F2N4+4. The van der Waals surface area contributed by atoms with Crippen molar-refractivity contribution in [1.82, 2.24) is 0 Å². The molecule has 36 heavy (non-hydrogen) atoms. The average Bonchev–Trinajstić information content (AvgIpc) is 2.94. The van der Waals surface area contributed by atoms with E-state index in [0.717, 1.165) is 25.9 Å². The van der Waals surface area contributed by atoms with Gasteiger partial charge in [-0.2, -0.15) is 0 Å². The number of hydrogen-bond acceptors (Lipinski definition) is 0. The molecule has 0 radical (unpaired) electrons. The van der Waals surface area contributed by atoms with Gasteiger partial charge in [0.25, 0.3) is 0 Å². The van der Waals surface area contributed by atoms with Crippen LogP contribution in [0.5, 0.6) is 0 Å². The summed E-state index contributed by atoms with van der Waals surface area (Å²) in [6.07, 6.45) is 19.9. The van der Waals surface area contributed by atoms with Crippen LogP contribution in [0, 0.1) is 0 Å². The lowest BCUT2D eigenvalue weighted by Gasteiger charge is -2.02. The van der Waals surface area contributed by atoms with Crippen molar-refractivity contribution in [2.75, 3.05) is 13.3 Å². The van der Waals surface area contributed by atoms with Crippen molar-refractivity contribution in [2.45, 2.75) is 51.9 Å². The third-order valence-electron chi connectivity index (χ3n) is 6.41. The van der Waals surface area contributed by atoms with Gasteiger partial charge in [0.15, 0.2) is 62.7 Å². The second-order valence-corrected chi connectivity index (χ2v) is 9.09. The van der Waals surface area contributed by atoms with E-state index < -0.39 is 0 Å². The van der Waals surface area contributed by atoms with E-state index in [0.29, 0.717) is 25.9 Å². The molecule has 0 aliphatic carbocycles. The maximum atomic E-state index is 12.3. The molecule has 4 rings (SSSR count). The largest absolute Gasteiger partial charge is 0.251 e. The minimum Gasteiger partial charge on any atom is -0.251 e. The van der Waals surface area contributed by atoms with Crippen molar-refractivity contribution in [2.24, 2.45) is 0 Å². The van der Waals surface area contributed by atoms with E-state index in [1.165, 1.54) is 22.3 Å². The van der Waals surface area contributed by atoms with Crippen LogP contribution in [0.15, 0.2) is 98.1 Å². The van der Waals surface area contributed by atoms with Crippen LogP contribution >= 0.6 is 0 Å². The Hall–Kier alpha value is -3.54. The predicted octanol–water partition coefficient (Wildman–Crippen LogP) is 4.37. The maximum absolute atomic E-state index is 12.3. The fourth-order valence-electron chi connectivity index (χ4n) is 4.27. The second-order valence-electron chi connectivity index (χ2n) is 9.09. The van der Waals surface area contributed by atoms with Gasteiger partial charge < -0.3 is 0 Å². The van der Waals surface area contributed by atoms with Crippen molar-refractivity contribution in [3.63, 3.8) is 0 Å². The monoisotopic (exact) mass is 490 g/mol. The normalized spacial score (nSPS) is 11.1. The molecule has 6 heteroatoms. The number of alkyl halides is 2. The molecule has 0 N–H and O–H groups in total. The van der Waals surface area contributed by atoms with Gasteiger partial charge in [-0.15, -0.1) is 0 Å². The fourth-order valence-corrected chi connectivity index (χ4v) is 4.27. The first kappa shape index (κ1) is 25.5. The van der Waals surface area contributed by atoms with Gasteiger partial charge in [0.2, 0.25) is 0 Å². The number of aryl methyl sites for hydroxylation is 4. The first-order valence-corrected chi connectivity index (χ1v) is 12.8. The molecule has 4 aromatic heterocycles. The first-order chi connectivity index (χ1) is 17.7. The molecule has 0 aliphatic rings. The highest BCUT2D eigenvalue weighted by molar-refractivity contribution is 5.61. The van der Waals surface area contributed by atoms with Gasteiger partial charge in [0.05, 0.1) is 13.3 Å². The molecule has 0 amide bonds. The number of rotatable bonds is 13. The highest BCUT2D eigenvalue weighted by atomic mass is 19.1. The number of halogens is 2. The van der Waals surface area contributed by atoms with E-state index in [1.54, 1.807) is 0 Å². The minimum absolute atomic E-state index is 0.280. The lowest BCUT2D eigenvalue weighted by atomic mass is 10.1. The summed E-state index contributed by atoms with van der Waals surface area (Å²) in [7, 11) is 0. The van der Waals surface area contributed by atoms with Gasteiger partial charge >= 0.3 is 0 Å². The molecule has 0 saturated heterocycles. The van der Waals surface area contributed by atoms with Crippen LogP contribution in [0.25, 0.3) is 22.3 Å². The minimum atomic E-state index is -0.280. The van der Waals surface area contributed by atoms with Crippen molar-refractivity contribution in [1.29, 1.82) is 0 Å². The predicted molar refractivity (Wildman–Crippen MR) is 135 cm³/mol. The highest BCUT2D eigenvalue weighted by Gasteiger charge is 2.08. The standard InChI is InChI=1S/C30H36F2N4/c31-13-3-17-35-23-9-29(10-24-35)27-5-19-33(20-6-27)15-1-2-16-34-21-7-28(8-22-34)30-11-25-36(26-12-30)18-4-14-32/h5-12,19-26H,1-4,13-18H2/q+4. The van der Waals surface area contributed by atoms with Crippen LogP contribution in [-0.4, -0.2) is 13.3 Å². The number of hydrogen-bond donors (Lipinski definition) is 0. The van der Waals surface area contributed by atoms with Crippen LogP contribution in [0.2, 0.25) is 0 Å². The molecule has 186 valence electrons. The Morgan fingerprint density at radius 2 is 0.583 bits per heavy atom. The van der Waals surface area contributed by atoms with Gasteiger partial charge in [-0.3, -0.25) is 8.78 Å². The van der Waals surface area contributed by atoms with Crippen molar-refractivity contribution in [3.05, 3.63) is 98.1 Å². The first-order valence-electron chi connectivity index (χ1n) is 12.8. The Kier molecular flexibility index (Phi) is 9.60. The van der Waals surface area contributed by atoms with Crippen LogP contribution in [0.1, 0.15) is 25.7 Å². The van der Waals surface area contributed by atoms with Gasteiger partial charge in [0, 0.05) is 74.2 Å². The van der Waals surface area contributed by atoms with E-state index in [1.807, 2.05) is 33.9 Å². The third-order valence-corrected chi connectivity index (χ3v) is 6.41. The lowest BCUT2D eigenvalue weighted by Crippen LogP contribution is -2.35. The summed E-state index contributed by atoms with van der Waals surface area (Å²) in [6, 6.07) is 17.0. The summed E-state index contributed by atoms with van der Waals surface area (Å²) >= 11 is 0. The molecule has 4 aromatic rings. The van der Waals surface area contributed by atoms with Crippen molar-refractivity contribution >= 4 is 0 Å². The third kappa shape index (κ3) is 7.48. The fraction of sp³-hybridized carbons (Fsp3) is 0.333. The Balaban J connectivity index is 1.21. The van der Waals surface area contributed by atoms with Crippen LogP contribution in [0.3, 0.4) is 0 Å². The SMILES string of the molecule is FCCC[n+]1ccc(-c2cc[n+](CCCC[n+]3ccc(-c4cc[n+](CCCF)cc4)cc3)cc2)cc1. The smallest absolute Gasteiger partial charge is 0.169 e. The molecular weight excluding hydrogens is 454 g/mol. The molecule has 4 heterocycles. The number of aromatic nitrogens is 4. The molecule has 0 bridgehead atoms. The quantitative estimate of drug-likeness (QED) is 0.195. The van der Waals surface area contributed by atoms with Gasteiger partial charge in [-0.1, -0.05) is 0 Å². The Morgan fingerprint density at radius 3 is 0.806 bits per heavy atom. The Labute approximate surface area is 212 Å². The van der Waals surface area contributed by atoms with Gasteiger partial charge in [-0.05, 0) is 22.3 Å². The zero-order valence-corrected chi connectivity index (χ0v) is 20.9. The molecule has 0 atom stereocenters. The van der Waals surface area contributed by atoms with E-state index >= 15 is 0 Å². The zero-order valence-electron chi connectivity index (χ0n) is 20.9. The summed E-state index contributed by atoms with van der Waals surface area (Å²) in [4.78, 5) is 0. The average molecular weight is 491 g/mol. The van der Waals surface area contributed by atoms with Gasteiger partial charge in [0.1, 0.15) is 13.1 Å². The van der Waals surface area contributed by atoms with Crippen molar-refractivity contribution < 1.29 is 27.0 Å². The lowest BCUT2D eigenvalue weighted by molar-refractivity contribution is -0.708. The number of unbranched alkanes of at least 4 members (excludes halogenated alkanes) is 1. The number of nitrogens with zero attached hydrogens (tertiary/aromatic N) is 4. The van der Waals surface area contributed by atoms with E-state index in [4.69, 9.17) is 0 Å². The summed E-state index contributed by atoms with van der Waals surface area (Å²) in [5.74, 6) is 0. The van der Waals surface area contributed by atoms with Gasteiger partial charge in [-0.25, -0.2) is 18.3 Å². The molecule has 0 spiro atoms. The molecule has 0 saturated carbocycles. The Morgan fingerprint density at radius 1 is 0.361 bits per heavy atom. The summed E-state index contributed by atoms with van der Waals surface area (Å²) < 4.78 is 33.2. The van der Waals surface area contributed by atoms with Crippen LogP contribution < -0.4 is 18.3 Å². The van der Waals surface area contributed by atoms with E-state index in [2.05, 4.69) is 82.5 Å². The molecule has 0 aliphatic heterocycles. The van der Waals surface area contributed by atoms with E-state index in [9.17, 15) is 8.78 Å². The molecule has 0 unspecified atom stereocenters. The van der Waals surface area contributed by atoms with Crippen LogP contribution in [0.4, 0.5) is 8.78 Å². The topological polar surface area (TPSA) is 15.5 Å². The molecule has 0 fully saturated rings. The van der Waals surface area contributed by atoms with Crippen molar-refractivity contribution in [3.8, 4) is 22.3 Å². The summed E-state index contributed by atoms with van der Waals surface area (Å²) in [5, 5.41) is 0. The van der Waals surface area contributed by atoms with Crippen LogP contribution in [-0.2, 0) is 26.2 Å². The Bertz CT molecular complexity index is 1080. The summed E-state index contributed by atoms with van der Waals surface area (Å²) in [5.41, 5.74) is 4.72. The second kappa shape index (κ2) is 13.5. The van der Waals surface area contributed by atoms with E-state index in [-0.39, 0.29) is 13.3 Å². The molecule has 0 aromatic carbocycles. The zero-order chi connectivity index (χ0) is 25.0. The maximum Gasteiger partial charge on any atom is 0.169 e.